The third-order valence-electron chi connectivity index (χ3n) is 2.45. The van der Waals surface area contributed by atoms with Gasteiger partial charge in [-0.15, -0.1) is 11.3 Å². The van der Waals surface area contributed by atoms with E-state index in [4.69, 9.17) is 11.6 Å². The van der Waals surface area contributed by atoms with Gasteiger partial charge in [0.05, 0.1) is 3.79 Å². The summed E-state index contributed by atoms with van der Waals surface area (Å²) in [5.74, 6) is 0. The number of halogens is 2. The fraction of sp³-hybridized carbons (Fsp3) is 0.231. The molecule has 1 aromatic carbocycles. The van der Waals surface area contributed by atoms with Gasteiger partial charge < -0.3 is 5.32 Å². The Labute approximate surface area is 119 Å². The highest BCUT2D eigenvalue weighted by Crippen LogP contribution is 2.20. The number of rotatable bonds is 5. The molecule has 0 amide bonds. The molecule has 17 heavy (non-hydrogen) atoms. The lowest BCUT2D eigenvalue weighted by Gasteiger charge is -2.03. The second-order valence-electron chi connectivity index (χ2n) is 3.81. The maximum atomic E-state index is 5.84. The lowest BCUT2D eigenvalue weighted by atomic mass is 10.1. The second-order valence-corrected chi connectivity index (χ2v) is 6.54. The summed E-state index contributed by atoms with van der Waals surface area (Å²) in [6, 6.07) is 10.2. The molecular formula is C13H13BrClNS. The average Bonchev–Trinajstić information content (AvgIpc) is 2.73. The van der Waals surface area contributed by atoms with Crippen molar-refractivity contribution in [3.05, 3.63) is 55.6 Å². The van der Waals surface area contributed by atoms with Gasteiger partial charge in [0, 0.05) is 11.6 Å². The molecule has 0 atom stereocenters. The summed E-state index contributed by atoms with van der Waals surface area (Å²) in [4.78, 5) is 0. The molecule has 0 unspecified atom stereocenters. The molecule has 1 aromatic heterocycles. The van der Waals surface area contributed by atoms with Crippen LogP contribution in [0.25, 0.3) is 0 Å². The monoisotopic (exact) mass is 329 g/mol. The van der Waals surface area contributed by atoms with Crippen molar-refractivity contribution < 1.29 is 0 Å². The number of nitrogens with one attached hydrogen (secondary N) is 1. The van der Waals surface area contributed by atoms with Crippen LogP contribution in [0, 0.1) is 0 Å². The minimum atomic E-state index is 0.796. The lowest BCUT2D eigenvalue weighted by Crippen LogP contribution is -2.16. The largest absolute Gasteiger partial charge is 0.312 e. The smallest absolute Gasteiger partial charge is 0.0701 e. The quantitative estimate of drug-likeness (QED) is 0.796. The van der Waals surface area contributed by atoms with Crippen molar-refractivity contribution >= 4 is 38.9 Å². The van der Waals surface area contributed by atoms with Gasteiger partial charge in [0.25, 0.3) is 0 Å². The normalized spacial score (nSPS) is 10.7. The van der Waals surface area contributed by atoms with E-state index in [0.717, 1.165) is 24.5 Å². The molecule has 0 bridgehead atoms. The maximum Gasteiger partial charge on any atom is 0.0701 e. The minimum Gasteiger partial charge on any atom is -0.312 e. The molecule has 0 aliphatic rings. The Hall–Kier alpha value is -0.350. The van der Waals surface area contributed by atoms with Gasteiger partial charge in [-0.3, -0.25) is 0 Å². The fourth-order valence-electron chi connectivity index (χ4n) is 1.56. The summed E-state index contributed by atoms with van der Waals surface area (Å²) in [5, 5.41) is 6.39. The molecule has 4 heteroatoms. The summed E-state index contributed by atoms with van der Waals surface area (Å²) in [5.41, 5.74) is 2.64. The van der Waals surface area contributed by atoms with Gasteiger partial charge in [0.1, 0.15) is 0 Å². The van der Waals surface area contributed by atoms with E-state index in [0.29, 0.717) is 0 Å². The number of hydrogen-bond acceptors (Lipinski definition) is 2. The molecule has 0 aliphatic heterocycles. The Balaban J connectivity index is 1.71. The third-order valence-corrected chi connectivity index (χ3v) is 4.26. The highest BCUT2D eigenvalue weighted by molar-refractivity contribution is 9.11. The van der Waals surface area contributed by atoms with Gasteiger partial charge in [-0.1, -0.05) is 23.7 Å². The summed E-state index contributed by atoms with van der Waals surface area (Å²) in [6.45, 7) is 1.91. The summed E-state index contributed by atoms with van der Waals surface area (Å²) >= 11 is 11.0. The molecule has 90 valence electrons. The van der Waals surface area contributed by atoms with E-state index >= 15 is 0 Å². The van der Waals surface area contributed by atoms with Crippen molar-refractivity contribution in [2.24, 2.45) is 0 Å². The number of benzene rings is 1. The van der Waals surface area contributed by atoms with Gasteiger partial charge in [-0.25, -0.2) is 0 Å². The first-order valence-corrected chi connectivity index (χ1v) is 7.47. The van der Waals surface area contributed by atoms with Crippen molar-refractivity contribution in [1.82, 2.24) is 5.32 Å². The Morgan fingerprint density at radius 1 is 1.18 bits per heavy atom. The molecule has 0 saturated heterocycles. The Bertz CT molecular complexity index is 467. The van der Waals surface area contributed by atoms with Gasteiger partial charge in [0.15, 0.2) is 0 Å². The fourth-order valence-corrected chi connectivity index (χ4v) is 2.89. The molecule has 1 heterocycles. The van der Waals surface area contributed by atoms with E-state index in [1.165, 1.54) is 14.9 Å². The molecule has 1 nitrogen and oxygen atoms in total. The van der Waals surface area contributed by atoms with Crippen LogP contribution in [0.15, 0.2) is 39.5 Å². The van der Waals surface area contributed by atoms with E-state index in [2.05, 4.69) is 44.8 Å². The Morgan fingerprint density at radius 2 is 1.94 bits per heavy atom. The van der Waals surface area contributed by atoms with Crippen molar-refractivity contribution in [1.29, 1.82) is 0 Å². The zero-order chi connectivity index (χ0) is 12.1. The molecule has 2 rings (SSSR count). The highest BCUT2D eigenvalue weighted by atomic mass is 79.9. The zero-order valence-electron chi connectivity index (χ0n) is 9.25. The van der Waals surface area contributed by atoms with Gasteiger partial charge in [0.2, 0.25) is 0 Å². The van der Waals surface area contributed by atoms with Crippen LogP contribution < -0.4 is 5.32 Å². The van der Waals surface area contributed by atoms with E-state index in [1.807, 2.05) is 12.1 Å². The summed E-state index contributed by atoms with van der Waals surface area (Å²) < 4.78 is 1.19. The lowest BCUT2D eigenvalue weighted by molar-refractivity contribution is 0.688. The highest BCUT2D eigenvalue weighted by Gasteiger charge is 1.97. The van der Waals surface area contributed by atoms with E-state index in [1.54, 1.807) is 11.3 Å². The predicted octanol–water partition coefficient (Wildman–Crippen LogP) is 4.50. The summed E-state index contributed by atoms with van der Waals surface area (Å²) in [7, 11) is 0. The first kappa shape index (κ1) is 13.1. The van der Waals surface area contributed by atoms with E-state index < -0.39 is 0 Å². The van der Waals surface area contributed by atoms with Gasteiger partial charge >= 0.3 is 0 Å². The van der Waals surface area contributed by atoms with Crippen LogP contribution in [-0.4, -0.2) is 6.54 Å². The van der Waals surface area contributed by atoms with Crippen LogP contribution in [-0.2, 0) is 13.0 Å². The van der Waals surface area contributed by atoms with Crippen LogP contribution in [0.3, 0.4) is 0 Å². The topological polar surface area (TPSA) is 12.0 Å². The minimum absolute atomic E-state index is 0.796. The first-order chi connectivity index (χ1) is 8.24. The molecule has 2 aromatic rings. The third kappa shape index (κ3) is 4.43. The molecule has 1 N–H and O–H groups in total. The molecule has 0 spiro atoms. The van der Waals surface area contributed by atoms with Crippen molar-refractivity contribution in [3.8, 4) is 0 Å². The molecule has 0 radical (unpaired) electrons. The van der Waals surface area contributed by atoms with Gasteiger partial charge in [-0.2, -0.15) is 0 Å². The van der Waals surface area contributed by atoms with Crippen LogP contribution in [0.1, 0.15) is 11.1 Å². The molecule has 0 aliphatic carbocycles. The van der Waals surface area contributed by atoms with E-state index in [9.17, 15) is 0 Å². The maximum absolute atomic E-state index is 5.84. The zero-order valence-corrected chi connectivity index (χ0v) is 12.4. The van der Waals surface area contributed by atoms with Crippen molar-refractivity contribution in [2.75, 3.05) is 6.54 Å². The Kier molecular flexibility index (Phi) is 5.04. The van der Waals surface area contributed by atoms with Crippen LogP contribution in [0.4, 0.5) is 0 Å². The van der Waals surface area contributed by atoms with Crippen LogP contribution >= 0.6 is 38.9 Å². The van der Waals surface area contributed by atoms with E-state index in [-0.39, 0.29) is 0 Å². The van der Waals surface area contributed by atoms with Crippen molar-refractivity contribution in [3.63, 3.8) is 0 Å². The van der Waals surface area contributed by atoms with Crippen LogP contribution in [0.5, 0.6) is 0 Å². The molecular weight excluding hydrogens is 318 g/mol. The van der Waals surface area contributed by atoms with Gasteiger partial charge in [-0.05, 0) is 63.6 Å². The predicted molar refractivity (Wildman–Crippen MR) is 78.9 cm³/mol. The SMILES string of the molecule is Clc1ccc(CCNCc2csc(Br)c2)cc1. The summed E-state index contributed by atoms with van der Waals surface area (Å²) in [6.07, 6.45) is 1.03. The average molecular weight is 331 g/mol. The first-order valence-electron chi connectivity index (χ1n) is 5.42. The number of hydrogen-bond donors (Lipinski definition) is 1. The molecule has 0 fully saturated rings. The standard InChI is InChI=1S/C13H13BrClNS/c14-13-7-11(9-17-13)8-16-6-5-10-1-3-12(15)4-2-10/h1-4,7,9,16H,5-6,8H2. The van der Waals surface area contributed by atoms with Crippen molar-refractivity contribution in [2.45, 2.75) is 13.0 Å². The number of thiophene rings is 1. The molecule has 0 saturated carbocycles. The van der Waals surface area contributed by atoms with Crippen LogP contribution in [0.2, 0.25) is 5.02 Å². The Morgan fingerprint density at radius 3 is 2.59 bits per heavy atom. The second kappa shape index (κ2) is 6.55.